The first-order valence-electron chi connectivity index (χ1n) is 6.56. The molecule has 0 fully saturated rings. The highest BCUT2D eigenvalue weighted by Crippen LogP contribution is 2.21. The Hall–Kier alpha value is -0.0800. The summed E-state index contributed by atoms with van der Waals surface area (Å²) >= 11 is 0. The molecule has 2 N–H and O–H groups in total. The van der Waals surface area contributed by atoms with Gasteiger partial charge in [-0.3, -0.25) is 4.84 Å². The summed E-state index contributed by atoms with van der Waals surface area (Å²) in [5, 5.41) is 0. The van der Waals surface area contributed by atoms with Crippen molar-refractivity contribution in [1.29, 1.82) is 0 Å². The zero-order valence-corrected chi connectivity index (χ0v) is 10.8. The van der Waals surface area contributed by atoms with Gasteiger partial charge in [0.2, 0.25) is 0 Å². The van der Waals surface area contributed by atoms with Crippen LogP contribution in [0.1, 0.15) is 78.6 Å². The third kappa shape index (κ3) is 7.80. The van der Waals surface area contributed by atoms with E-state index in [4.69, 9.17) is 10.7 Å². The summed E-state index contributed by atoms with van der Waals surface area (Å²) in [6.07, 6.45) is 11.5. The third-order valence-corrected chi connectivity index (χ3v) is 3.34. The molecule has 0 aliphatic rings. The van der Waals surface area contributed by atoms with Gasteiger partial charge in [-0.2, -0.15) is 0 Å². The number of nitrogens with two attached hydrogens (primary N) is 1. The molecule has 1 unspecified atom stereocenters. The zero-order chi connectivity index (χ0) is 11.6. The number of hydrogen-bond acceptors (Lipinski definition) is 2. The quantitative estimate of drug-likeness (QED) is 0.438. The Kier molecular flexibility index (Phi) is 9.12. The van der Waals surface area contributed by atoms with Gasteiger partial charge in [0.15, 0.2) is 0 Å². The van der Waals surface area contributed by atoms with Crippen molar-refractivity contribution >= 4 is 0 Å². The van der Waals surface area contributed by atoms with Gasteiger partial charge in [0.05, 0.1) is 5.60 Å². The van der Waals surface area contributed by atoms with E-state index in [1.54, 1.807) is 0 Å². The van der Waals surface area contributed by atoms with Crippen LogP contribution in [0.4, 0.5) is 0 Å². The van der Waals surface area contributed by atoms with Crippen molar-refractivity contribution < 1.29 is 4.84 Å². The molecule has 0 aromatic heterocycles. The monoisotopic (exact) mass is 215 g/mol. The Bertz CT molecular complexity index is 132. The summed E-state index contributed by atoms with van der Waals surface area (Å²) in [4.78, 5) is 5.03. The van der Waals surface area contributed by atoms with Crippen molar-refractivity contribution in [3.05, 3.63) is 0 Å². The summed E-state index contributed by atoms with van der Waals surface area (Å²) in [7, 11) is 0. The first-order chi connectivity index (χ1) is 7.18. The second-order valence-electron chi connectivity index (χ2n) is 4.79. The minimum atomic E-state index is -0.0938. The Morgan fingerprint density at radius 3 is 1.93 bits per heavy atom. The highest BCUT2D eigenvalue weighted by molar-refractivity contribution is 4.71. The van der Waals surface area contributed by atoms with Crippen LogP contribution in [0.25, 0.3) is 0 Å². The molecule has 0 bridgehead atoms. The third-order valence-electron chi connectivity index (χ3n) is 3.34. The van der Waals surface area contributed by atoms with E-state index in [1.807, 2.05) is 0 Å². The highest BCUT2D eigenvalue weighted by atomic mass is 16.6. The first-order valence-corrected chi connectivity index (χ1v) is 6.56. The van der Waals surface area contributed by atoms with Crippen LogP contribution in [0, 0.1) is 0 Å². The molecule has 0 aromatic carbocycles. The van der Waals surface area contributed by atoms with Crippen molar-refractivity contribution in [3.63, 3.8) is 0 Å². The van der Waals surface area contributed by atoms with E-state index in [0.29, 0.717) is 0 Å². The van der Waals surface area contributed by atoms with Crippen LogP contribution in [0.5, 0.6) is 0 Å². The van der Waals surface area contributed by atoms with Crippen molar-refractivity contribution in [1.82, 2.24) is 0 Å². The lowest BCUT2D eigenvalue weighted by atomic mass is 9.95. The molecule has 92 valence electrons. The minimum absolute atomic E-state index is 0.0938. The van der Waals surface area contributed by atoms with Gasteiger partial charge in [-0.15, -0.1) is 0 Å². The van der Waals surface area contributed by atoms with Crippen molar-refractivity contribution in [3.8, 4) is 0 Å². The molecule has 2 nitrogen and oxygen atoms in total. The first kappa shape index (κ1) is 14.9. The Balaban J connectivity index is 3.29. The summed E-state index contributed by atoms with van der Waals surface area (Å²) in [5.41, 5.74) is -0.0938. The second kappa shape index (κ2) is 9.17. The van der Waals surface area contributed by atoms with E-state index in [0.717, 1.165) is 12.8 Å². The molecular weight excluding hydrogens is 186 g/mol. The molecule has 0 rings (SSSR count). The van der Waals surface area contributed by atoms with E-state index < -0.39 is 0 Å². The van der Waals surface area contributed by atoms with E-state index >= 15 is 0 Å². The van der Waals surface area contributed by atoms with Crippen LogP contribution in [-0.2, 0) is 4.84 Å². The van der Waals surface area contributed by atoms with Crippen LogP contribution < -0.4 is 5.90 Å². The molecule has 0 saturated heterocycles. The molecule has 0 saturated carbocycles. The molecule has 0 aliphatic heterocycles. The topological polar surface area (TPSA) is 35.2 Å². The molecule has 0 radical (unpaired) electrons. The molecule has 0 aliphatic carbocycles. The maximum Gasteiger partial charge on any atom is 0.0863 e. The molecule has 2 heteroatoms. The summed E-state index contributed by atoms with van der Waals surface area (Å²) < 4.78 is 0. The predicted octanol–water partition coefficient (Wildman–Crippen LogP) is 4.19. The zero-order valence-electron chi connectivity index (χ0n) is 10.8. The largest absolute Gasteiger partial charge is 0.298 e. The summed E-state index contributed by atoms with van der Waals surface area (Å²) in [5.74, 6) is 5.30. The van der Waals surface area contributed by atoms with Gasteiger partial charge in [0.1, 0.15) is 0 Å². The van der Waals surface area contributed by atoms with Gasteiger partial charge in [-0.25, -0.2) is 5.90 Å². The van der Waals surface area contributed by atoms with E-state index in [2.05, 4.69) is 20.8 Å². The smallest absolute Gasteiger partial charge is 0.0863 e. The Morgan fingerprint density at radius 1 is 0.933 bits per heavy atom. The second-order valence-corrected chi connectivity index (χ2v) is 4.79. The molecule has 15 heavy (non-hydrogen) atoms. The van der Waals surface area contributed by atoms with Gasteiger partial charge in [0, 0.05) is 0 Å². The van der Waals surface area contributed by atoms with Crippen molar-refractivity contribution in [2.45, 2.75) is 84.2 Å². The maximum atomic E-state index is 5.30. The SMILES string of the molecule is CCCCCCCCCC(C)(CC)ON. The lowest BCUT2D eigenvalue weighted by Crippen LogP contribution is -2.30. The van der Waals surface area contributed by atoms with Crippen LogP contribution >= 0.6 is 0 Å². The van der Waals surface area contributed by atoms with Gasteiger partial charge >= 0.3 is 0 Å². The lowest BCUT2D eigenvalue weighted by Gasteiger charge is -2.25. The van der Waals surface area contributed by atoms with E-state index in [9.17, 15) is 0 Å². The Labute approximate surface area is 95.5 Å². The number of rotatable bonds is 10. The molecular formula is C13H29NO. The Morgan fingerprint density at radius 2 is 1.47 bits per heavy atom. The normalized spacial score (nSPS) is 15.2. The summed E-state index contributed by atoms with van der Waals surface area (Å²) in [6, 6.07) is 0. The van der Waals surface area contributed by atoms with E-state index in [-0.39, 0.29) is 5.60 Å². The van der Waals surface area contributed by atoms with Crippen molar-refractivity contribution in [2.24, 2.45) is 5.90 Å². The average Bonchev–Trinajstić information content (AvgIpc) is 2.27. The molecule has 0 heterocycles. The van der Waals surface area contributed by atoms with Crippen LogP contribution in [0.3, 0.4) is 0 Å². The maximum absolute atomic E-state index is 5.30. The average molecular weight is 215 g/mol. The molecule has 1 atom stereocenters. The predicted molar refractivity (Wildman–Crippen MR) is 66.6 cm³/mol. The van der Waals surface area contributed by atoms with Gasteiger partial charge in [-0.1, -0.05) is 58.8 Å². The standard InChI is InChI=1S/C13H29NO/c1-4-6-7-8-9-10-11-12-13(3,5-2)15-14/h4-12,14H2,1-3H3. The van der Waals surface area contributed by atoms with Crippen molar-refractivity contribution in [2.75, 3.05) is 0 Å². The van der Waals surface area contributed by atoms with Crippen LogP contribution in [0.15, 0.2) is 0 Å². The minimum Gasteiger partial charge on any atom is -0.298 e. The van der Waals surface area contributed by atoms with Gasteiger partial charge < -0.3 is 0 Å². The molecule has 0 aromatic rings. The van der Waals surface area contributed by atoms with Crippen LogP contribution in [0.2, 0.25) is 0 Å². The fourth-order valence-electron chi connectivity index (χ4n) is 1.78. The van der Waals surface area contributed by atoms with E-state index in [1.165, 1.54) is 44.9 Å². The lowest BCUT2D eigenvalue weighted by molar-refractivity contribution is -0.0441. The fourth-order valence-corrected chi connectivity index (χ4v) is 1.78. The van der Waals surface area contributed by atoms with Gasteiger partial charge in [-0.05, 0) is 19.8 Å². The number of unbranched alkanes of at least 4 members (excludes halogenated alkanes) is 6. The fraction of sp³-hybridized carbons (Fsp3) is 1.00. The summed E-state index contributed by atoms with van der Waals surface area (Å²) in [6.45, 7) is 6.49. The van der Waals surface area contributed by atoms with Crippen LogP contribution in [-0.4, -0.2) is 5.60 Å². The number of hydrogen-bond donors (Lipinski definition) is 1. The van der Waals surface area contributed by atoms with Gasteiger partial charge in [0.25, 0.3) is 0 Å². The molecule has 0 amide bonds. The highest BCUT2D eigenvalue weighted by Gasteiger charge is 2.20. The molecule has 0 spiro atoms.